The predicted molar refractivity (Wildman–Crippen MR) is 69.0 cm³/mol. The topological polar surface area (TPSA) is 75.3 Å². The number of hydrogen-bond donors (Lipinski definition) is 2. The van der Waals surface area contributed by atoms with E-state index < -0.39 is 5.97 Å². The molecule has 2 N–H and O–H groups in total. The zero-order chi connectivity index (χ0) is 13.3. The van der Waals surface area contributed by atoms with Gasteiger partial charge in [-0.1, -0.05) is 23.9 Å². The fraction of sp³-hybridized carbons (Fsp3) is 0.167. The molecule has 1 aromatic carbocycles. The Morgan fingerprint density at radius 2 is 2.17 bits per heavy atom. The average Bonchev–Trinajstić information content (AvgIpc) is 2.66. The molecule has 1 heterocycles. The summed E-state index contributed by atoms with van der Waals surface area (Å²) in [6.07, 6.45) is 1.83. The Labute approximate surface area is 108 Å². The maximum Gasteiger partial charge on any atom is 0.356 e. The molecule has 0 bridgehead atoms. The number of thioether (sulfide) groups is 1. The van der Waals surface area contributed by atoms with Gasteiger partial charge in [-0.25, -0.2) is 9.78 Å². The van der Waals surface area contributed by atoms with E-state index in [1.807, 2.05) is 6.26 Å². The van der Waals surface area contributed by atoms with Gasteiger partial charge >= 0.3 is 5.97 Å². The lowest BCUT2D eigenvalue weighted by atomic mass is 10.1. The van der Waals surface area contributed by atoms with Crippen LogP contribution in [-0.2, 0) is 7.05 Å². The Morgan fingerprint density at radius 3 is 2.72 bits per heavy atom. The first-order valence-corrected chi connectivity index (χ1v) is 6.40. The molecule has 0 aliphatic heterocycles. The molecule has 94 valence electrons. The molecule has 2 aromatic rings. The van der Waals surface area contributed by atoms with Crippen molar-refractivity contribution in [1.29, 1.82) is 0 Å². The van der Waals surface area contributed by atoms with Crippen LogP contribution in [0.15, 0.2) is 29.4 Å². The van der Waals surface area contributed by atoms with Crippen LogP contribution in [0, 0.1) is 0 Å². The minimum atomic E-state index is -1.08. The molecule has 0 atom stereocenters. The summed E-state index contributed by atoms with van der Waals surface area (Å²) >= 11 is 1.37. The highest BCUT2D eigenvalue weighted by atomic mass is 32.2. The molecule has 0 radical (unpaired) electrons. The van der Waals surface area contributed by atoms with Gasteiger partial charge in [0.25, 0.3) is 0 Å². The first kappa shape index (κ1) is 12.5. The summed E-state index contributed by atoms with van der Waals surface area (Å²) in [5.74, 6) is -0.986. The molecule has 1 aromatic heterocycles. The van der Waals surface area contributed by atoms with Crippen LogP contribution in [0.5, 0.6) is 5.75 Å². The average molecular weight is 264 g/mol. The van der Waals surface area contributed by atoms with E-state index in [1.165, 1.54) is 23.9 Å². The molecule has 0 spiro atoms. The number of phenols is 1. The molecule has 0 aliphatic carbocycles. The van der Waals surface area contributed by atoms with E-state index in [2.05, 4.69) is 4.98 Å². The third kappa shape index (κ3) is 2.06. The number of carbonyl (C=O) groups is 1. The summed E-state index contributed by atoms with van der Waals surface area (Å²) in [5.41, 5.74) is 1.11. The first-order valence-electron chi connectivity index (χ1n) is 5.18. The minimum absolute atomic E-state index is 0.00699. The number of carboxylic acid groups (broad SMARTS) is 1. The van der Waals surface area contributed by atoms with Crippen molar-refractivity contribution in [3.8, 4) is 17.0 Å². The Balaban J connectivity index is 2.69. The van der Waals surface area contributed by atoms with Crippen molar-refractivity contribution in [3.05, 3.63) is 30.0 Å². The number of aromatic carboxylic acids is 1. The van der Waals surface area contributed by atoms with Crippen molar-refractivity contribution in [2.75, 3.05) is 6.26 Å². The quantitative estimate of drug-likeness (QED) is 0.831. The lowest BCUT2D eigenvalue weighted by Crippen LogP contribution is -2.01. The zero-order valence-electron chi connectivity index (χ0n) is 9.91. The highest BCUT2D eigenvalue weighted by Gasteiger charge is 2.21. The Bertz CT molecular complexity index is 607. The number of imidazole rings is 1. The summed E-state index contributed by atoms with van der Waals surface area (Å²) in [7, 11) is 1.75. The third-order valence-corrected chi connectivity index (χ3v) is 3.29. The molecule has 0 amide bonds. The number of hydrogen-bond acceptors (Lipinski definition) is 4. The van der Waals surface area contributed by atoms with Gasteiger partial charge in [-0.15, -0.1) is 0 Å². The van der Waals surface area contributed by atoms with Gasteiger partial charge in [-0.2, -0.15) is 0 Å². The van der Waals surface area contributed by atoms with E-state index in [0.717, 1.165) is 0 Å². The van der Waals surface area contributed by atoms with Crippen LogP contribution >= 0.6 is 11.8 Å². The Morgan fingerprint density at radius 1 is 1.44 bits per heavy atom. The molecular formula is C12H12N2O3S. The third-order valence-electron chi connectivity index (χ3n) is 2.56. The molecule has 0 unspecified atom stereocenters. The maximum atomic E-state index is 11.2. The van der Waals surface area contributed by atoms with Crippen molar-refractivity contribution < 1.29 is 15.0 Å². The molecule has 0 aliphatic rings. The van der Waals surface area contributed by atoms with Crippen LogP contribution in [0.1, 0.15) is 10.5 Å². The van der Waals surface area contributed by atoms with Crippen molar-refractivity contribution in [3.63, 3.8) is 0 Å². The van der Waals surface area contributed by atoms with E-state index in [0.29, 0.717) is 16.4 Å². The second kappa shape index (κ2) is 4.73. The van der Waals surface area contributed by atoms with Crippen molar-refractivity contribution in [2.24, 2.45) is 7.05 Å². The van der Waals surface area contributed by atoms with E-state index in [1.54, 1.807) is 23.7 Å². The van der Waals surface area contributed by atoms with Gasteiger partial charge in [0.2, 0.25) is 0 Å². The largest absolute Gasteiger partial charge is 0.508 e. The van der Waals surface area contributed by atoms with E-state index >= 15 is 0 Å². The number of benzene rings is 1. The molecule has 0 saturated heterocycles. The predicted octanol–water partition coefficient (Wildman–Crippen LogP) is 2.21. The maximum absolute atomic E-state index is 11.2. The SMILES string of the molecule is CSc1nc(C(=O)O)c(-c2cccc(O)c2)n1C. The molecular weight excluding hydrogens is 252 g/mol. The van der Waals surface area contributed by atoms with Crippen LogP contribution in [0.25, 0.3) is 11.3 Å². The Kier molecular flexibility index (Phi) is 3.29. The van der Waals surface area contributed by atoms with Gasteiger partial charge in [-0.3, -0.25) is 0 Å². The van der Waals surface area contributed by atoms with Gasteiger partial charge in [0.05, 0.1) is 5.69 Å². The van der Waals surface area contributed by atoms with Crippen LogP contribution in [0.2, 0.25) is 0 Å². The summed E-state index contributed by atoms with van der Waals surface area (Å²) in [5, 5.41) is 19.3. The van der Waals surface area contributed by atoms with Crippen LogP contribution < -0.4 is 0 Å². The fourth-order valence-corrected chi connectivity index (χ4v) is 2.34. The van der Waals surface area contributed by atoms with Crippen LogP contribution in [0.4, 0.5) is 0 Å². The fourth-order valence-electron chi connectivity index (χ4n) is 1.79. The second-order valence-electron chi connectivity index (χ2n) is 3.71. The standard InChI is InChI=1S/C12H12N2O3S/c1-14-10(7-4-3-5-8(15)6-7)9(11(16)17)13-12(14)18-2/h3-6,15H,1-2H3,(H,16,17). The van der Waals surface area contributed by atoms with Crippen LogP contribution in [0.3, 0.4) is 0 Å². The monoisotopic (exact) mass is 264 g/mol. The normalized spacial score (nSPS) is 10.6. The molecule has 2 rings (SSSR count). The summed E-state index contributed by atoms with van der Waals surface area (Å²) in [6.45, 7) is 0. The van der Waals surface area contributed by atoms with Gasteiger partial charge in [0.15, 0.2) is 10.9 Å². The Hall–Kier alpha value is -1.95. The van der Waals surface area contributed by atoms with E-state index in [4.69, 9.17) is 0 Å². The number of aromatic nitrogens is 2. The smallest absolute Gasteiger partial charge is 0.356 e. The highest BCUT2D eigenvalue weighted by molar-refractivity contribution is 7.98. The van der Waals surface area contributed by atoms with Gasteiger partial charge < -0.3 is 14.8 Å². The summed E-state index contributed by atoms with van der Waals surface area (Å²) < 4.78 is 1.71. The minimum Gasteiger partial charge on any atom is -0.508 e. The number of phenolic OH excluding ortho intramolecular Hbond substituents is 1. The molecule has 0 fully saturated rings. The lowest BCUT2D eigenvalue weighted by molar-refractivity contribution is 0.0691. The van der Waals surface area contributed by atoms with Gasteiger partial charge in [-0.05, 0) is 18.4 Å². The molecule has 0 saturated carbocycles. The second-order valence-corrected chi connectivity index (χ2v) is 4.48. The number of carboxylic acids is 1. The number of nitrogens with zero attached hydrogens (tertiary/aromatic N) is 2. The van der Waals surface area contributed by atoms with E-state index in [-0.39, 0.29) is 11.4 Å². The lowest BCUT2D eigenvalue weighted by Gasteiger charge is -2.05. The van der Waals surface area contributed by atoms with Gasteiger partial charge in [0.1, 0.15) is 5.75 Å². The summed E-state index contributed by atoms with van der Waals surface area (Å²) in [4.78, 5) is 15.3. The highest BCUT2D eigenvalue weighted by Crippen LogP contribution is 2.29. The van der Waals surface area contributed by atoms with Crippen LogP contribution in [-0.4, -0.2) is 32.0 Å². The number of aromatic hydroxyl groups is 1. The molecule has 5 nitrogen and oxygen atoms in total. The van der Waals surface area contributed by atoms with Gasteiger partial charge in [0, 0.05) is 12.6 Å². The van der Waals surface area contributed by atoms with Crippen molar-refractivity contribution >= 4 is 17.7 Å². The zero-order valence-corrected chi connectivity index (χ0v) is 10.7. The van der Waals surface area contributed by atoms with Crippen molar-refractivity contribution in [1.82, 2.24) is 9.55 Å². The van der Waals surface area contributed by atoms with E-state index in [9.17, 15) is 15.0 Å². The molecule has 18 heavy (non-hydrogen) atoms. The summed E-state index contributed by atoms with van der Waals surface area (Å²) in [6, 6.07) is 6.47. The molecule has 6 heteroatoms. The van der Waals surface area contributed by atoms with Crippen molar-refractivity contribution in [2.45, 2.75) is 5.16 Å². The number of rotatable bonds is 3. The first-order chi connectivity index (χ1) is 8.54.